The highest BCUT2D eigenvalue weighted by atomic mass is 15.1. The van der Waals surface area contributed by atoms with Crippen molar-refractivity contribution >= 4 is 38.7 Å². The van der Waals surface area contributed by atoms with Crippen molar-refractivity contribution in [1.29, 1.82) is 0 Å². The molecule has 45 heavy (non-hydrogen) atoms. The average molecular weight is 575 g/mol. The maximum Gasteiger partial charge on any atom is 0.0788 e. The molecule has 2 nitrogen and oxygen atoms in total. The maximum absolute atomic E-state index is 5.13. The first-order valence-corrected chi connectivity index (χ1v) is 15.3. The van der Waals surface area contributed by atoms with Crippen LogP contribution in [0.25, 0.3) is 55.2 Å². The van der Waals surface area contributed by atoms with Gasteiger partial charge in [-0.2, -0.15) is 0 Å². The Hall–Kier alpha value is -5.99. The number of benzene rings is 7. The zero-order chi connectivity index (χ0) is 30.0. The number of rotatable bonds is 6. The summed E-state index contributed by atoms with van der Waals surface area (Å²) in [6.07, 6.45) is 0. The summed E-state index contributed by atoms with van der Waals surface area (Å²) in [5.41, 5.74) is 11.2. The van der Waals surface area contributed by atoms with Gasteiger partial charge >= 0.3 is 0 Å². The highest BCUT2D eigenvalue weighted by molar-refractivity contribution is 6.10. The normalized spacial score (nSPS) is 11.1. The van der Waals surface area contributed by atoms with E-state index in [1.807, 2.05) is 0 Å². The van der Waals surface area contributed by atoms with Crippen molar-refractivity contribution in [3.63, 3.8) is 0 Å². The predicted molar refractivity (Wildman–Crippen MR) is 190 cm³/mol. The summed E-state index contributed by atoms with van der Waals surface area (Å²) in [6, 6.07) is 64.5. The van der Waals surface area contributed by atoms with Gasteiger partial charge in [0.25, 0.3) is 0 Å². The largest absolute Gasteiger partial charge is 0.310 e. The summed E-state index contributed by atoms with van der Waals surface area (Å²) in [4.78, 5) is 7.46. The van der Waals surface area contributed by atoms with Crippen LogP contribution in [0.15, 0.2) is 182 Å². The fourth-order valence-electron chi connectivity index (χ4n) is 6.23. The molecule has 8 rings (SSSR count). The summed E-state index contributed by atoms with van der Waals surface area (Å²) in [5, 5.41) is 3.56. The van der Waals surface area contributed by atoms with Crippen LogP contribution in [0.4, 0.5) is 17.1 Å². The van der Waals surface area contributed by atoms with Crippen molar-refractivity contribution in [3.8, 4) is 33.5 Å². The van der Waals surface area contributed by atoms with Crippen LogP contribution in [-0.4, -0.2) is 4.98 Å². The lowest BCUT2D eigenvalue weighted by Gasteiger charge is -2.26. The first kappa shape index (κ1) is 26.6. The third-order valence-corrected chi connectivity index (χ3v) is 8.45. The summed E-state index contributed by atoms with van der Waals surface area (Å²) >= 11 is 0. The zero-order valence-corrected chi connectivity index (χ0v) is 24.7. The van der Waals surface area contributed by atoms with Crippen LogP contribution < -0.4 is 4.90 Å². The van der Waals surface area contributed by atoms with Crippen LogP contribution in [0.2, 0.25) is 0 Å². The minimum atomic E-state index is 1.00. The van der Waals surface area contributed by atoms with E-state index in [9.17, 15) is 0 Å². The molecule has 0 atom stereocenters. The Morgan fingerprint density at radius 3 is 1.47 bits per heavy atom. The topological polar surface area (TPSA) is 16.1 Å². The van der Waals surface area contributed by atoms with Gasteiger partial charge in [0.1, 0.15) is 0 Å². The van der Waals surface area contributed by atoms with Gasteiger partial charge < -0.3 is 4.90 Å². The first-order valence-electron chi connectivity index (χ1n) is 15.3. The first-order chi connectivity index (χ1) is 22.3. The second-order valence-electron chi connectivity index (χ2n) is 11.2. The quantitative estimate of drug-likeness (QED) is 0.184. The standard InChI is InChI=1S/C43H30N2/c1-3-12-31(13-4-1)33-22-26-36(27-23-33)45(38-17-11-16-35(30-38)32-14-5-2-6-15-32)37-28-24-34(25-29-37)43-41-20-8-7-18-39(41)40-19-9-10-21-42(40)44-43/h1-30H. The Kier molecular flexibility index (Phi) is 6.86. The highest BCUT2D eigenvalue weighted by Gasteiger charge is 2.16. The summed E-state index contributed by atoms with van der Waals surface area (Å²) < 4.78 is 0. The smallest absolute Gasteiger partial charge is 0.0788 e. The van der Waals surface area contributed by atoms with E-state index in [0.29, 0.717) is 0 Å². The van der Waals surface area contributed by atoms with E-state index in [4.69, 9.17) is 4.98 Å². The molecule has 0 fully saturated rings. The SMILES string of the molecule is c1ccc(-c2ccc(N(c3ccc(-c4nc5ccccc5c5ccccc45)cc3)c3cccc(-c4ccccc4)c3)cc2)cc1. The molecule has 8 aromatic rings. The van der Waals surface area contributed by atoms with Gasteiger partial charge in [-0.15, -0.1) is 0 Å². The fraction of sp³-hybridized carbons (Fsp3) is 0. The van der Waals surface area contributed by atoms with Gasteiger partial charge in [-0.3, -0.25) is 0 Å². The van der Waals surface area contributed by atoms with Gasteiger partial charge in [-0.1, -0.05) is 140 Å². The maximum atomic E-state index is 5.13. The molecule has 0 bridgehead atoms. The number of hydrogen-bond acceptors (Lipinski definition) is 2. The highest BCUT2D eigenvalue weighted by Crippen LogP contribution is 2.39. The lowest BCUT2D eigenvalue weighted by Crippen LogP contribution is -2.10. The number of hydrogen-bond donors (Lipinski definition) is 0. The second-order valence-corrected chi connectivity index (χ2v) is 11.2. The Morgan fingerprint density at radius 1 is 0.311 bits per heavy atom. The molecule has 0 aliphatic carbocycles. The van der Waals surface area contributed by atoms with E-state index in [-0.39, 0.29) is 0 Å². The molecule has 2 heteroatoms. The Bertz CT molecular complexity index is 2240. The van der Waals surface area contributed by atoms with E-state index < -0.39 is 0 Å². The van der Waals surface area contributed by atoms with Gasteiger partial charge in [0, 0.05) is 33.4 Å². The monoisotopic (exact) mass is 574 g/mol. The van der Waals surface area contributed by atoms with Gasteiger partial charge in [0.05, 0.1) is 11.2 Å². The molecule has 1 heterocycles. The number of anilines is 3. The predicted octanol–water partition coefficient (Wildman–Crippen LogP) is 11.9. The average Bonchev–Trinajstić information content (AvgIpc) is 3.13. The number of fused-ring (bicyclic) bond motifs is 3. The molecule has 0 radical (unpaired) electrons. The molecule has 0 N–H and O–H groups in total. The van der Waals surface area contributed by atoms with E-state index in [1.54, 1.807) is 0 Å². The molecule has 7 aromatic carbocycles. The van der Waals surface area contributed by atoms with Crippen LogP contribution in [0.1, 0.15) is 0 Å². The third kappa shape index (κ3) is 5.13. The van der Waals surface area contributed by atoms with Gasteiger partial charge in [-0.05, 0) is 70.1 Å². The lowest BCUT2D eigenvalue weighted by atomic mass is 9.99. The molecule has 0 unspecified atom stereocenters. The second kappa shape index (κ2) is 11.6. The molecule has 0 spiro atoms. The van der Waals surface area contributed by atoms with E-state index in [1.165, 1.54) is 33.0 Å². The van der Waals surface area contributed by atoms with Gasteiger partial charge in [-0.25, -0.2) is 4.98 Å². The fourth-order valence-corrected chi connectivity index (χ4v) is 6.23. The van der Waals surface area contributed by atoms with Crippen molar-refractivity contribution in [1.82, 2.24) is 4.98 Å². The van der Waals surface area contributed by atoms with Crippen molar-refractivity contribution in [2.24, 2.45) is 0 Å². The minimum Gasteiger partial charge on any atom is -0.310 e. The molecule has 0 saturated carbocycles. The molecule has 212 valence electrons. The summed E-state index contributed by atoms with van der Waals surface area (Å²) in [5.74, 6) is 0. The van der Waals surface area contributed by atoms with Crippen molar-refractivity contribution in [3.05, 3.63) is 182 Å². The van der Waals surface area contributed by atoms with Crippen LogP contribution >= 0.6 is 0 Å². The van der Waals surface area contributed by atoms with Crippen LogP contribution in [0.3, 0.4) is 0 Å². The Labute approximate surface area is 263 Å². The van der Waals surface area contributed by atoms with Crippen molar-refractivity contribution in [2.45, 2.75) is 0 Å². The van der Waals surface area contributed by atoms with Crippen LogP contribution in [-0.2, 0) is 0 Å². The van der Waals surface area contributed by atoms with Crippen molar-refractivity contribution < 1.29 is 0 Å². The molecular formula is C43H30N2. The molecule has 0 saturated heterocycles. The molecule has 0 aliphatic rings. The Balaban J connectivity index is 1.24. The van der Waals surface area contributed by atoms with Crippen LogP contribution in [0.5, 0.6) is 0 Å². The Morgan fingerprint density at radius 2 is 0.800 bits per heavy atom. The third-order valence-electron chi connectivity index (χ3n) is 8.45. The number of aromatic nitrogens is 1. The summed E-state index contributed by atoms with van der Waals surface area (Å²) in [6.45, 7) is 0. The van der Waals surface area contributed by atoms with E-state index in [0.717, 1.165) is 39.2 Å². The molecule has 0 amide bonds. The van der Waals surface area contributed by atoms with Gasteiger partial charge in [0.15, 0.2) is 0 Å². The van der Waals surface area contributed by atoms with Gasteiger partial charge in [0.2, 0.25) is 0 Å². The van der Waals surface area contributed by atoms with Crippen molar-refractivity contribution in [2.75, 3.05) is 4.90 Å². The molecule has 1 aromatic heterocycles. The van der Waals surface area contributed by atoms with E-state index >= 15 is 0 Å². The lowest BCUT2D eigenvalue weighted by molar-refractivity contribution is 1.28. The molecule has 0 aliphatic heterocycles. The zero-order valence-electron chi connectivity index (χ0n) is 24.7. The minimum absolute atomic E-state index is 1.00. The van der Waals surface area contributed by atoms with E-state index in [2.05, 4.69) is 187 Å². The molecular weight excluding hydrogens is 544 g/mol. The number of nitrogens with zero attached hydrogens (tertiary/aromatic N) is 2. The number of para-hydroxylation sites is 1. The number of pyridine rings is 1. The summed E-state index contributed by atoms with van der Waals surface area (Å²) in [7, 11) is 0. The van der Waals surface area contributed by atoms with Crippen LogP contribution in [0, 0.1) is 0 Å².